The van der Waals surface area contributed by atoms with Crippen LogP contribution in [0.3, 0.4) is 0 Å². The quantitative estimate of drug-likeness (QED) is 0.528. The fourth-order valence-electron chi connectivity index (χ4n) is 1.22. The average Bonchev–Trinajstić information content (AvgIpc) is 2.39. The highest BCUT2D eigenvalue weighted by Crippen LogP contribution is 2.30. The lowest BCUT2D eigenvalue weighted by atomic mass is 9.89. The standard InChI is InChI=1S/C9H9N/c1-2-4-9(3-1)5-7-10-8-6-9/h1-8,10H. The maximum atomic E-state index is 3.01. The Morgan fingerprint density at radius 2 is 1.40 bits per heavy atom. The number of nitrogens with one attached hydrogen (secondary N) is 1. The Kier molecular flexibility index (Phi) is 1.04. The second-order valence-electron chi connectivity index (χ2n) is 2.55. The molecule has 0 radical (unpaired) electrons. The molecule has 0 aromatic carbocycles. The maximum absolute atomic E-state index is 3.01. The molecule has 0 aromatic heterocycles. The van der Waals surface area contributed by atoms with Crippen LogP contribution < -0.4 is 5.32 Å². The zero-order chi connectivity index (χ0) is 6.86. The first kappa shape index (κ1) is 5.54. The van der Waals surface area contributed by atoms with E-state index in [0.717, 1.165) is 0 Å². The smallest absolute Gasteiger partial charge is 0.0463 e. The fraction of sp³-hybridized carbons (Fsp3) is 0.111. The molecule has 1 aliphatic carbocycles. The van der Waals surface area contributed by atoms with Gasteiger partial charge in [-0.3, -0.25) is 0 Å². The van der Waals surface area contributed by atoms with Crippen molar-refractivity contribution in [3.05, 3.63) is 48.9 Å². The highest BCUT2D eigenvalue weighted by Gasteiger charge is 2.19. The maximum Gasteiger partial charge on any atom is 0.0463 e. The minimum absolute atomic E-state index is 0.0885. The van der Waals surface area contributed by atoms with Crippen molar-refractivity contribution in [3.8, 4) is 0 Å². The highest BCUT2D eigenvalue weighted by atomic mass is 14.8. The first-order valence-corrected chi connectivity index (χ1v) is 3.40. The molecular weight excluding hydrogens is 122 g/mol. The zero-order valence-corrected chi connectivity index (χ0v) is 5.62. The van der Waals surface area contributed by atoms with Gasteiger partial charge in [0.1, 0.15) is 0 Å². The van der Waals surface area contributed by atoms with Crippen molar-refractivity contribution in [1.82, 2.24) is 5.32 Å². The van der Waals surface area contributed by atoms with Crippen LogP contribution in [0.25, 0.3) is 0 Å². The molecule has 0 amide bonds. The number of rotatable bonds is 0. The van der Waals surface area contributed by atoms with Gasteiger partial charge >= 0.3 is 0 Å². The van der Waals surface area contributed by atoms with Crippen LogP contribution in [0, 0.1) is 5.41 Å². The summed E-state index contributed by atoms with van der Waals surface area (Å²) in [5.41, 5.74) is 0.0885. The molecule has 10 heavy (non-hydrogen) atoms. The third-order valence-corrected chi connectivity index (χ3v) is 1.82. The van der Waals surface area contributed by atoms with Gasteiger partial charge in [-0.05, 0) is 12.4 Å². The Morgan fingerprint density at radius 3 is 2.00 bits per heavy atom. The summed E-state index contributed by atoms with van der Waals surface area (Å²) >= 11 is 0. The fourth-order valence-corrected chi connectivity index (χ4v) is 1.22. The van der Waals surface area contributed by atoms with E-state index in [-0.39, 0.29) is 5.41 Å². The monoisotopic (exact) mass is 131 g/mol. The highest BCUT2D eigenvalue weighted by molar-refractivity contribution is 5.38. The van der Waals surface area contributed by atoms with Crippen molar-refractivity contribution in [1.29, 1.82) is 0 Å². The molecular formula is C9H9N. The Labute approximate surface area is 60.4 Å². The summed E-state index contributed by atoms with van der Waals surface area (Å²) in [7, 11) is 0. The molecule has 2 aliphatic rings. The molecule has 1 heteroatoms. The van der Waals surface area contributed by atoms with E-state index in [0.29, 0.717) is 0 Å². The largest absolute Gasteiger partial charge is 0.368 e. The lowest BCUT2D eigenvalue weighted by molar-refractivity contribution is 0.798. The van der Waals surface area contributed by atoms with Gasteiger partial charge in [-0.2, -0.15) is 0 Å². The number of allylic oxidation sites excluding steroid dienone is 6. The molecule has 0 saturated carbocycles. The lowest BCUT2D eigenvalue weighted by Gasteiger charge is -2.18. The summed E-state index contributed by atoms with van der Waals surface area (Å²) in [6.45, 7) is 0. The van der Waals surface area contributed by atoms with Crippen molar-refractivity contribution in [2.75, 3.05) is 0 Å². The van der Waals surface area contributed by atoms with Gasteiger partial charge in [0.25, 0.3) is 0 Å². The van der Waals surface area contributed by atoms with Crippen LogP contribution in [0.15, 0.2) is 48.9 Å². The van der Waals surface area contributed by atoms with Gasteiger partial charge in [0, 0.05) is 5.41 Å². The van der Waals surface area contributed by atoms with E-state index >= 15 is 0 Å². The van der Waals surface area contributed by atoms with Crippen molar-refractivity contribution in [2.24, 2.45) is 5.41 Å². The van der Waals surface area contributed by atoms with Gasteiger partial charge in [-0.15, -0.1) is 0 Å². The van der Waals surface area contributed by atoms with Gasteiger partial charge in [-0.25, -0.2) is 0 Å². The predicted octanol–water partition coefficient (Wildman–Crippen LogP) is 1.73. The SMILES string of the molecule is C1=CC2(C=C1)C=CNC=C2. The predicted molar refractivity (Wildman–Crippen MR) is 42.1 cm³/mol. The molecule has 50 valence electrons. The Hall–Kier alpha value is -1.24. The summed E-state index contributed by atoms with van der Waals surface area (Å²) in [6.07, 6.45) is 16.7. The Balaban J connectivity index is 2.37. The molecule has 1 N–H and O–H groups in total. The van der Waals surface area contributed by atoms with Crippen molar-refractivity contribution < 1.29 is 0 Å². The van der Waals surface area contributed by atoms with Crippen LogP contribution in [-0.2, 0) is 0 Å². The lowest BCUT2D eigenvalue weighted by Crippen LogP contribution is -2.12. The molecule has 0 bridgehead atoms. The van der Waals surface area contributed by atoms with Gasteiger partial charge in [-0.1, -0.05) is 36.5 Å². The molecule has 0 fully saturated rings. The second-order valence-corrected chi connectivity index (χ2v) is 2.55. The van der Waals surface area contributed by atoms with Gasteiger partial charge in [0.2, 0.25) is 0 Å². The van der Waals surface area contributed by atoms with Crippen LogP contribution >= 0.6 is 0 Å². The molecule has 0 atom stereocenters. The Morgan fingerprint density at radius 1 is 0.800 bits per heavy atom. The molecule has 2 rings (SSSR count). The van der Waals surface area contributed by atoms with E-state index in [2.05, 4.69) is 41.8 Å². The normalized spacial score (nSPS) is 24.0. The number of hydrogen-bond donors (Lipinski definition) is 1. The van der Waals surface area contributed by atoms with E-state index in [1.165, 1.54) is 0 Å². The van der Waals surface area contributed by atoms with Gasteiger partial charge in [0.05, 0.1) is 0 Å². The average molecular weight is 131 g/mol. The second kappa shape index (κ2) is 1.87. The van der Waals surface area contributed by atoms with Gasteiger partial charge in [0.15, 0.2) is 0 Å². The summed E-state index contributed by atoms with van der Waals surface area (Å²) in [5, 5.41) is 3.01. The summed E-state index contributed by atoms with van der Waals surface area (Å²) in [6, 6.07) is 0. The van der Waals surface area contributed by atoms with Crippen LogP contribution in [0.5, 0.6) is 0 Å². The zero-order valence-electron chi connectivity index (χ0n) is 5.62. The van der Waals surface area contributed by atoms with Crippen molar-refractivity contribution in [2.45, 2.75) is 0 Å². The van der Waals surface area contributed by atoms with Crippen LogP contribution in [0.4, 0.5) is 0 Å². The van der Waals surface area contributed by atoms with Crippen molar-refractivity contribution in [3.63, 3.8) is 0 Å². The van der Waals surface area contributed by atoms with Gasteiger partial charge < -0.3 is 5.32 Å². The first-order valence-electron chi connectivity index (χ1n) is 3.40. The third-order valence-electron chi connectivity index (χ3n) is 1.82. The van der Waals surface area contributed by atoms with Crippen molar-refractivity contribution >= 4 is 0 Å². The minimum atomic E-state index is 0.0885. The minimum Gasteiger partial charge on any atom is -0.368 e. The Bertz CT molecular complexity index is 217. The summed E-state index contributed by atoms with van der Waals surface area (Å²) in [5.74, 6) is 0. The molecule has 0 saturated heterocycles. The van der Waals surface area contributed by atoms with E-state index in [1.807, 2.05) is 12.4 Å². The molecule has 0 unspecified atom stereocenters. The summed E-state index contributed by atoms with van der Waals surface area (Å²) in [4.78, 5) is 0. The molecule has 1 aliphatic heterocycles. The van der Waals surface area contributed by atoms with E-state index in [4.69, 9.17) is 0 Å². The van der Waals surface area contributed by atoms with E-state index in [1.54, 1.807) is 0 Å². The molecule has 0 aromatic rings. The molecule has 1 spiro atoms. The van der Waals surface area contributed by atoms with Crippen LogP contribution in [0.1, 0.15) is 0 Å². The summed E-state index contributed by atoms with van der Waals surface area (Å²) < 4.78 is 0. The van der Waals surface area contributed by atoms with Crippen LogP contribution in [-0.4, -0.2) is 0 Å². The molecule has 1 nitrogen and oxygen atoms in total. The van der Waals surface area contributed by atoms with Crippen LogP contribution in [0.2, 0.25) is 0 Å². The topological polar surface area (TPSA) is 12.0 Å². The third kappa shape index (κ3) is 0.711. The first-order chi connectivity index (χ1) is 4.91. The van der Waals surface area contributed by atoms with E-state index in [9.17, 15) is 0 Å². The molecule has 1 heterocycles. The number of hydrogen-bond acceptors (Lipinski definition) is 1. The van der Waals surface area contributed by atoms with E-state index < -0.39 is 0 Å². The number of dihydropyridines is 1.